The average Bonchev–Trinajstić information content (AvgIpc) is 2.46. The third-order valence-corrected chi connectivity index (χ3v) is 4.00. The molecule has 0 aromatic heterocycles. The Labute approximate surface area is 139 Å². The Hall–Kier alpha value is -1.08. The Kier molecular flexibility index (Phi) is 5.42. The van der Waals surface area contributed by atoms with Crippen molar-refractivity contribution in [3.63, 3.8) is 0 Å². The zero-order valence-corrected chi connectivity index (χ0v) is 14.5. The lowest BCUT2D eigenvalue weighted by Gasteiger charge is -2.09. The Morgan fingerprint density at radius 2 is 1.90 bits per heavy atom. The fraction of sp³-hybridized carbons (Fsp3) is 0.133. The van der Waals surface area contributed by atoms with Gasteiger partial charge in [0.2, 0.25) is 0 Å². The Morgan fingerprint density at radius 1 is 1.20 bits per heavy atom. The van der Waals surface area contributed by atoms with Gasteiger partial charge in [0.1, 0.15) is 11.5 Å². The maximum Gasteiger partial charge on any atom is 0.200 e. The van der Waals surface area contributed by atoms with Crippen LogP contribution in [0.1, 0.15) is 10.4 Å². The molecule has 3 nitrogen and oxygen atoms in total. The molecule has 0 spiro atoms. The summed E-state index contributed by atoms with van der Waals surface area (Å²) in [5, 5.41) is 0. The zero-order chi connectivity index (χ0) is 14.5. The number of carbonyl (C=O) groups is 1. The number of ketones is 1. The summed E-state index contributed by atoms with van der Waals surface area (Å²) in [6.45, 7) is 0.00548. The van der Waals surface area contributed by atoms with Gasteiger partial charge >= 0.3 is 0 Å². The molecule has 0 saturated heterocycles. The number of rotatable bonds is 5. The quantitative estimate of drug-likeness (QED) is 0.506. The monoisotopic (exact) mass is 446 g/mol. The minimum atomic E-state index is -0.0517. The van der Waals surface area contributed by atoms with E-state index in [-0.39, 0.29) is 12.4 Å². The number of hydrogen-bond acceptors (Lipinski definition) is 3. The van der Waals surface area contributed by atoms with Crippen molar-refractivity contribution in [3.8, 4) is 11.5 Å². The molecule has 0 fully saturated rings. The van der Waals surface area contributed by atoms with Crippen LogP contribution in [-0.2, 0) is 0 Å². The molecule has 2 aromatic carbocycles. The number of halogens is 2. The van der Waals surface area contributed by atoms with Crippen molar-refractivity contribution in [1.29, 1.82) is 0 Å². The van der Waals surface area contributed by atoms with E-state index in [0.29, 0.717) is 11.3 Å². The highest BCUT2D eigenvalue weighted by molar-refractivity contribution is 14.1. The maximum absolute atomic E-state index is 12.0. The van der Waals surface area contributed by atoms with Gasteiger partial charge in [-0.25, -0.2) is 0 Å². The van der Waals surface area contributed by atoms with Crippen LogP contribution in [0.3, 0.4) is 0 Å². The molecule has 0 aliphatic rings. The summed E-state index contributed by atoms with van der Waals surface area (Å²) in [4.78, 5) is 12.0. The van der Waals surface area contributed by atoms with Crippen LogP contribution in [0.5, 0.6) is 11.5 Å². The van der Waals surface area contributed by atoms with E-state index < -0.39 is 0 Å². The first-order chi connectivity index (χ1) is 9.60. The van der Waals surface area contributed by atoms with Crippen molar-refractivity contribution < 1.29 is 14.3 Å². The van der Waals surface area contributed by atoms with Crippen molar-refractivity contribution in [2.75, 3.05) is 13.7 Å². The molecule has 0 heterocycles. The average molecular weight is 447 g/mol. The van der Waals surface area contributed by atoms with Gasteiger partial charge in [0.15, 0.2) is 12.4 Å². The summed E-state index contributed by atoms with van der Waals surface area (Å²) >= 11 is 5.59. The molecular weight excluding hydrogens is 435 g/mol. The highest BCUT2D eigenvalue weighted by Gasteiger charge is 2.09. The number of ether oxygens (including phenoxy) is 2. The van der Waals surface area contributed by atoms with Gasteiger partial charge in [0.25, 0.3) is 0 Å². The van der Waals surface area contributed by atoms with Gasteiger partial charge in [-0.15, -0.1) is 0 Å². The summed E-state index contributed by atoms with van der Waals surface area (Å²) in [5.74, 6) is 1.29. The summed E-state index contributed by atoms with van der Waals surface area (Å²) < 4.78 is 12.5. The Bertz CT molecular complexity index is 611. The van der Waals surface area contributed by atoms with Crippen molar-refractivity contribution >= 4 is 44.3 Å². The summed E-state index contributed by atoms with van der Waals surface area (Å²) in [6, 6.07) is 12.8. The third kappa shape index (κ3) is 3.96. The van der Waals surface area contributed by atoms with Crippen LogP contribution in [-0.4, -0.2) is 19.5 Å². The van der Waals surface area contributed by atoms with Crippen LogP contribution in [0.2, 0.25) is 0 Å². The van der Waals surface area contributed by atoms with Gasteiger partial charge < -0.3 is 9.47 Å². The second-order valence-electron chi connectivity index (χ2n) is 4.02. The molecule has 0 unspecified atom stereocenters. The van der Waals surface area contributed by atoms with Gasteiger partial charge in [0.05, 0.1) is 11.6 Å². The SMILES string of the molecule is COc1ccc(OCC(=O)c2ccc(I)cc2)c(Br)c1. The molecule has 0 aliphatic carbocycles. The highest BCUT2D eigenvalue weighted by Crippen LogP contribution is 2.29. The van der Waals surface area contributed by atoms with Gasteiger partial charge in [-0.1, -0.05) is 12.1 Å². The largest absolute Gasteiger partial charge is 0.497 e. The van der Waals surface area contributed by atoms with E-state index in [1.165, 1.54) is 0 Å². The smallest absolute Gasteiger partial charge is 0.200 e. The van der Waals surface area contributed by atoms with E-state index in [9.17, 15) is 4.79 Å². The molecule has 5 heteroatoms. The van der Waals surface area contributed by atoms with Gasteiger partial charge in [0, 0.05) is 9.13 Å². The summed E-state index contributed by atoms with van der Waals surface area (Å²) in [5.41, 5.74) is 0.648. The van der Waals surface area contributed by atoms with Crippen molar-refractivity contribution in [2.45, 2.75) is 0 Å². The molecular formula is C15H12BrIO3. The Morgan fingerprint density at radius 3 is 2.50 bits per heavy atom. The molecule has 2 aromatic rings. The summed E-state index contributed by atoms with van der Waals surface area (Å²) in [7, 11) is 1.60. The molecule has 0 atom stereocenters. The van der Waals surface area contributed by atoms with E-state index in [0.717, 1.165) is 13.8 Å². The minimum absolute atomic E-state index is 0.00548. The van der Waals surface area contributed by atoms with Crippen LogP contribution < -0.4 is 9.47 Å². The van der Waals surface area contributed by atoms with Crippen molar-refractivity contribution in [1.82, 2.24) is 0 Å². The van der Waals surface area contributed by atoms with Crippen LogP contribution in [0.4, 0.5) is 0 Å². The van der Waals surface area contributed by atoms with Crippen molar-refractivity contribution in [3.05, 3.63) is 56.1 Å². The number of carbonyl (C=O) groups excluding carboxylic acids is 1. The fourth-order valence-corrected chi connectivity index (χ4v) is 2.42. The van der Waals surface area contributed by atoms with E-state index in [1.54, 1.807) is 37.4 Å². The molecule has 2 rings (SSSR count). The minimum Gasteiger partial charge on any atom is -0.497 e. The first-order valence-electron chi connectivity index (χ1n) is 5.85. The van der Waals surface area contributed by atoms with Crippen LogP contribution in [0.25, 0.3) is 0 Å². The first-order valence-corrected chi connectivity index (χ1v) is 7.72. The van der Waals surface area contributed by atoms with E-state index in [4.69, 9.17) is 9.47 Å². The highest BCUT2D eigenvalue weighted by atomic mass is 127. The Balaban J connectivity index is 2.01. The number of methoxy groups -OCH3 is 1. The molecule has 20 heavy (non-hydrogen) atoms. The molecule has 104 valence electrons. The zero-order valence-electron chi connectivity index (χ0n) is 10.7. The molecule has 0 saturated carbocycles. The predicted octanol–water partition coefficient (Wildman–Crippen LogP) is 4.32. The van der Waals surface area contributed by atoms with E-state index in [2.05, 4.69) is 38.5 Å². The second-order valence-corrected chi connectivity index (χ2v) is 6.12. The van der Waals surface area contributed by atoms with E-state index in [1.807, 2.05) is 12.1 Å². The second kappa shape index (κ2) is 7.08. The lowest BCUT2D eigenvalue weighted by Crippen LogP contribution is -2.11. The van der Waals surface area contributed by atoms with Crippen LogP contribution in [0.15, 0.2) is 46.9 Å². The summed E-state index contributed by atoms with van der Waals surface area (Å²) in [6.07, 6.45) is 0. The third-order valence-electron chi connectivity index (χ3n) is 2.66. The number of benzene rings is 2. The molecule has 0 aliphatic heterocycles. The fourth-order valence-electron chi connectivity index (χ4n) is 1.59. The first kappa shape index (κ1) is 15.3. The number of Topliss-reactive ketones (excluding diaryl/α,β-unsaturated/α-hetero) is 1. The standard InChI is InChI=1S/C15H12BrIO3/c1-19-12-6-7-15(13(16)8-12)20-9-14(18)10-2-4-11(17)5-3-10/h2-8H,9H2,1H3. The normalized spacial score (nSPS) is 10.2. The van der Waals surface area contributed by atoms with Gasteiger partial charge in [-0.05, 0) is 68.9 Å². The molecule has 0 amide bonds. The maximum atomic E-state index is 12.0. The van der Waals surface area contributed by atoms with Crippen LogP contribution in [0, 0.1) is 3.57 Å². The lowest BCUT2D eigenvalue weighted by molar-refractivity contribution is 0.0921. The molecule has 0 N–H and O–H groups in total. The number of hydrogen-bond donors (Lipinski definition) is 0. The van der Waals surface area contributed by atoms with E-state index >= 15 is 0 Å². The van der Waals surface area contributed by atoms with Gasteiger partial charge in [-0.3, -0.25) is 4.79 Å². The topological polar surface area (TPSA) is 35.5 Å². The molecule has 0 bridgehead atoms. The van der Waals surface area contributed by atoms with Gasteiger partial charge in [-0.2, -0.15) is 0 Å². The lowest BCUT2D eigenvalue weighted by atomic mass is 10.1. The van der Waals surface area contributed by atoms with Crippen LogP contribution >= 0.6 is 38.5 Å². The predicted molar refractivity (Wildman–Crippen MR) is 89.7 cm³/mol. The molecule has 0 radical (unpaired) electrons. The van der Waals surface area contributed by atoms with Crippen molar-refractivity contribution in [2.24, 2.45) is 0 Å².